The monoisotopic (exact) mass is 397 g/mol. The number of para-hydroxylation sites is 1. The smallest absolute Gasteiger partial charge is 0.245 e. The van der Waals surface area contributed by atoms with Gasteiger partial charge in [0.1, 0.15) is 5.75 Å². The lowest BCUT2D eigenvalue weighted by molar-refractivity contribution is -0.126. The number of hydrogen-bond donors (Lipinski definition) is 2. The molecule has 2 aromatic carbocycles. The number of hydrazone groups is 1. The van der Waals surface area contributed by atoms with E-state index in [4.69, 9.17) is 9.47 Å². The minimum Gasteiger partial charge on any atom is -0.504 e. The number of nitrogens with one attached hydrogen (secondary N) is 1. The molecule has 0 aromatic heterocycles. The van der Waals surface area contributed by atoms with Crippen molar-refractivity contribution in [3.05, 3.63) is 48.0 Å². The van der Waals surface area contributed by atoms with Crippen molar-refractivity contribution in [3.63, 3.8) is 0 Å². The maximum absolute atomic E-state index is 12.4. The summed E-state index contributed by atoms with van der Waals surface area (Å²) in [6.07, 6.45) is 1.44. The van der Waals surface area contributed by atoms with E-state index in [9.17, 15) is 14.7 Å². The Morgan fingerprint density at radius 2 is 2.07 bits per heavy atom. The van der Waals surface area contributed by atoms with E-state index >= 15 is 0 Å². The second-order valence-corrected chi connectivity index (χ2v) is 6.46. The molecule has 2 aromatic rings. The van der Waals surface area contributed by atoms with Gasteiger partial charge in [-0.15, -0.1) is 0 Å². The summed E-state index contributed by atoms with van der Waals surface area (Å²) in [6, 6.07) is 12.1. The number of methoxy groups -OCH3 is 1. The van der Waals surface area contributed by atoms with Crippen LogP contribution in [0.5, 0.6) is 17.2 Å². The van der Waals surface area contributed by atoms with Crippen molar-refractivity contribution in [1.82, 2.24) is 5.43 Å². The Labute approximate surface area is 168 Å². The zero-order valence-corrected chi connectivity index (χ0v) is 16.3. The first-order valence-electron chi connectivity index (χ1n) is 9.25. The molecule has 29 heavy (non-hydrogen) atoms. The summed E-state index contributed by atoms with van der Waals surface area (Å²) < 4.78 is 10.4. The normalized spacial score (nSPS) is 16.3. The van der Waals surface area contributed by atoms with Gasteiger partial charge in [-0.05, 0) is 43.3 Å². The van der Waals surface area contributed by atoms with Crippen molar-refractivity contribution < 1.29 is 24.2 Å². The molecule has 1 saturated heterocycles. The minimum atomic E-state index is -0.509. The van der Waals surface area contributed by atoms with Crippen LogP contribution >= 0.6 is 0 Å². The molecule has 0 spiro atoms. The number of anilines is 1. The summed E-state index contributed by atoms with van der Waals surface area (Å²) in [4.78, 5) is 26.3. The molecule has 1 fully saturated rings. The van der Waals surface area contributed by atoms with Crippen LogP contribution in [-0.2, 0) is 9.59 Å². The number of carbonyl (C=O) groups excluding carboxylic acids is 2. The van der Waals surface area contributed by atoms with Crippen molar-refractivity contribution in [2.45, 2.75) is 13.3 Å². The molecule has 0 bridgehead atoms. The number of hydrogen-bond acceptors (Lipinski definition) is 6. The van der Waals surface area contributed by atoms with E-state index in [-0.39, 0.29) is 30.5 Å². The van der Waals surface area contributed by atoms with Gasteiger partial charge in [-0.2, -0.15) is 5.10 Å². The van der Waals surface area contributed by atoms with Gasteiger partial charge < -0.3 is 19.5 Å². The van der Waals surface area contributed by atoms with E-state index in [1.54, 1.807) is 47.4 Å². The molecule has 2 N–H and O–H groups in total. The van der Waals surface area contributed by atoms with Gasteiger partial charge in [-0.1, -0.05) is 6.07 Å². The Hall–Kier alpha value is -3.55. The molecule has 3 rings (SSSR count). The number of benzene rings is 2. The van der Waals surface area contributed by atoms with Crippen molar-refractivity contribution in [2.75, 3.05) is 25.2 Å². The number of aromatic hydroxyl groups is 1. The zero-order chi connectivity index (χ0) is 20.8. The molecular weight excluding hydrogens is 374 g/mol. The summed E-state index contributed by atoms with van der Waals surface area (Å²) >= 11 is 0. The van der Waals surface area contributed by atoms with E-state index in [1.807, 2.05) is 6.92 Å². The average Bonchev–Trinajstić information content (AvgIpc) is 3.12. The number of phenols is 1. The van der Waals surface area contributed by atoms with Gasteiger partial charge in [0.2, 0.25) is 11.8 Å². The molecule has 152 valence electrons. The number of phenolic OH excluding ortho intramolecular Hbond substituents is 1. The van der Waals surface area contributed by atoms with Crippen LogP contribution in [0, 0.1) is 5.92 Å². The number of rotatable bonds is 7. The quantitative estimate of drug-likeness (QED) is 0.552. The topological polar surface area (TPSA) is 100 Å². The molecule has 1 atom stereocenters. The third-order valence-corrected chi connectivity index (χ3v) is 4.58. The van der Waals surface area contributed by atoms with Crippen LogP contribution in [0.3, 0.4) is 0 Å². The number of ether oxygens (including phenoxy) is 2. The number of carbonyl (C=O) groups is 2. The maximum Gasteiger partial charge on any atom is 0.245 e. The fourth-order valence-electron chi connectivity index (χ4n) is 3.09. The molecule has 1 aliphatic rings. The van der Waals surface area contributed by atoms with E-state index in [1.165, 1.54) is 13.3 Å². The summed E-state index contributed by atoms with van der Waals surface area (Å²) in [7, 11) is 1.45. The van der Waals surface area contributed by atoms with E-state index in [0.29, 0.717) is 17.9 Å². The second kappa shape index (κ2) is 9.09. The Kier molecular flexibility index (Phi) is 6.33. The SMILES string of the molecule is CCOc1ccc(N2C[C@@H](C(=O)N/N=C\c3cccc(OC)c3O)CC2=O)cc1. The Balaban J connectivity index is 1.60. The largest absolute Gasteiger partial charge is 0.504 e. The highest BCUT2D eigenvalue weighted by Crippen LogP contribution is 2.28. The highest BCUT2D eigenvalue weighted by molar-refractivity contribution is 6.00. The van der Waals surface area contributed by atoms with Crippen molar-refractivity contribution in [3.8, 4) is 17.2 Å². The lowest BCUT2D eigenvalue weighted by Crippen LogP contribution is -2.30. The average molecular weight is 397 g/mol. The van der Waals surface area contributed by atoms with E-state index < -0.39 is 5.92 Å². The maximum atomic E-state index is 12.4. The summed E-state index contributed by atoms with van der Waals surface area (Å²) in [5.41, 5.74) is 3.56. The second-order valence-electron chi connectivity index (χ2n) is 6.46. The van der Waals surface area contributed by atoms with Crippen molar-refractivity contribution in [2.24, 2.45) is 11.0 Å². The van der Waals surface area contributed by atoms with E-state index in [0.717, 1.165) is 11.4 Å². The Morgan fingerprint density at radius 1 is 1.31 bits per heavy atom. The molecule has 8 nitrogen and oxygen atoms in total. The molecular formula is C21H23N3O5. The van der Waals surface area contributed by atoms with Crippen LogP contribution in [-0.4, -0.2) is 43.4 Å². The predicted octanol–water partition coefficient (Wildman–Crippen LogP) is 2.30. The first kappa shape index (κ1) is 20.2. The Morgan fingerprint density at radius 3 is 2.76 bits per heavy atom. The molecule has 1 heterocycles. The van der Waals surface area contributed by atoms with Gasteiger partial charge in [0.05, 0.1) is 25.8 Å². The molecule has 1 aliphatic heterocycles. The third kappa shape index (κ3) is 4.66. The highest BCUT2D eigenvalue weighted by Gasteiger charge is 2.35. The van der Waals surface area contributed by atoms with Gasteiger partial charge in [-0.3, -0.25) is 9.59 Å². The van der Waals surface area contributed by atoms with E-state index in [2.05, 4.69) is 10.5 Å². The first-order valence-corrected chi connectivity index (χ1v) is 9.25. The summed E-state index contributed by atoms with van der Waals surface area (Å²) in [5, 5.41) is 13.9. The van der Waals surface area contributed by atoms with Gasteiger partial charge in [-0.25, -0.2) is 5.43 Å². The number of nitrogens with zero attached hydrogens (tertiary/aromatic N) is 2. The van der Waals surface area contributed by atoms with Crippen LogP contribution in [0.2, 0.25) is 0 Å². The minimum absolute atomic E-state index is 0.0642. The van der Waals surface area contributed by atoms with Crippen LogP contribution in [0.15, 0.2) is 47.6 Å². The van der Waals surface area contributed by atoms with Gasteiger partial charge in [0.25, 0.3) is 0 Å². The standard InChI is InChI=1S/C21H23N3O5/c1-3-29-17-9-7-16(8-10-17)24-13-15(11-19(24)25)21(27)23-22-12-14-5-4-6-18(28-2)20(14)26/h4-10,12,15,26H,3,11,13H2,1-2H3,(H,23,27)/b22-12-/t15-/m0/s1. The summed E-state index contributed by atoms with van der Waals surface area (Å²) in [6.45, 7) is 2.75. The first-order chi connectivity index (χ1) is 14.0. The molecule has 0 radical (unpaired) electrons. The molecule has 2 amide bonds. The fraction of sp³-hybridized carbons (Fsp3) is 0.286. The molecule has 0 saturated carbocycles. The Bertz CT molecular complexity index is 911. The zero-order valence-electron chi connectivity index (χ0n) is 16.3. The third-order valence-electron chi connectivity index (χ3n) is 4.58. The fourth-order valence-corrected chi connectivity index (χ4v) is 3.09. The lowest BCUT2D eigenvalue weighted by Gasteiger charge is -2.17. The van der Waals surface area contributed by atoms with Crippen molar-refractivity contribution in [1.29, 1.82) is 0 Å². The van der Waals surface area contributed by atoms with Crippen molar-refractivity contribution >= 4 is 23.7 Å². The van der Waals surface area contributed by atoms with Crippen LogP contribution < -0.4 is 19.8 Å². The van der Waals surface area contributed by atoms with Gasteiger partial charge in [0.15, 0.2) is 11.5 Å². The lowest BCUT2D eigenvalue weighted by atomic mass is 10.1. The van der Waals surface area contributed by atoms with Gasteiger partial charge >= 0.3 is 0 Å². The molecule has 0 aliphatic carbocycles. The predicted molar refractivity (Wildman–Crippen MR) is 108 cm³/mol. The molecule has 0 unspecified atom stereocenters. The van der Waals surface area contributed by atoms with Crippen LogP contribution in [0.4, 0.5) is 5.69 Å². The summed E-state index contributed by atoms with van der Waals surface area (Å²) in [5.74, 6) is -0.00928. The molecule has 8 heteroatoms. The van der Waals surface area contributed by atoms with Crippen LogP contribution in [0.25, 0.3) is 0 Å². The van der Waals surface area contributed by atoms with Crippen LogP contribution in [0.1, 0.15) is 18.9 Å². The highest BCUT2D eigenvalue weighted by atomic mass is 16.5. The number of amides is 2. The van der Waals surface area contributed by atoms with Gasteiger partial charge in [0, 0.05) is 24.2 Å².